The summed E-state index contributed by atoms with van der Waals surface area (Å²) in [6.07, 6.45) is -0.143. The molecule has 20 heavy (non-hydrogen) atoms. The van der Waals surface area contributed by atoms with Gasteiger partial charge in [0.05, 0.1) is 18.4 Å². The number of hydrogen-bond acceptors (Lipinski definition) is 5. The average Bonchev–Trinajstić information content (AvgIpc) is 2.43. The summed E-state index contributed by atoms with van der Waals surface area (Å²) in [6, 6.07) is 6.80. The van der Waals surface area contributed by atoms with Gasteiger partial charge >= 0.3 is 0 Å². The second-order valence-electron chi connectivity index (χ2n) is 4.48. The molecule has 1 atom stereocenters. The number of para-hydroxylation sites is 1. The van der Waals surface area contributed by atoms with Gasteiger partial charge in [-0.05, 0) is 12.1 Å². The van der Waals surface area contributed by atoms with Crippen molar-refractivity contribution in [2.45, 2.75) is 11.0 Å². The second kappa shape index (κ2) is 7.58. The average molecular weight is 302 g/mol. The molecule has 114 valence electrons. The summed E-state index contributed by atoms with van der Waals surface area (Å²) in [7, 11) is 2.73. The van der Waals surface area contributed by atoms with Crippen molar-refractivity contribution in [1.29, 1.82) is 0 Å². The third kappa shape index (κ3) is 4.17. The van der Waals surface area contributed by atoms with Crippen LogP contribution in [0.1, 0.15) is 0 Å². The van der Waals surface area contributed by atoms with Gasteiger partial charge < -0.3 is 14.8 Å². The van der Waals surface area contributed by atoms with E-state index in [0.717, 1.165) is 0 Å². The minimum absolute atomic E-state index is 0.143. The summed E-state index contributed by atoms with van der Waals surface area (Å²) in [6.45, 7) is 0.899. The van der Waals surface area contributed by atoms with Crippen LogP contribution >= 0.6 is 0 Å². The highest BCUT2D eigenvalue weighted by Gasteiger charge is 2.21. The molecule has 0 saturated carbocycles. The lowest BCUT2D eigenvalue weighted by atomic mass is 10.3. The molecule has 0 aliphatic heterocycles. The number of nitrogens with zero attached hydrogens (tertiary/aromatic N) is 1. The fraction of sp³-hybridized carbons (Fsp3) is 0.538. The van der Waals surface area contributed by atoms with Crippen molar-refractivity contribution >= 4 is 15.7 Å². The van der Waals surface area contributed by atoms with Gasteiger partial charge in [0, 0.05) is 34.9 Å². The van der Waals surface area contributed by atoms with Gasteiger partial charge in [-0.1, -0.05) is 12.1 Å². The predicted molar refractivity (Wildman–Crippen MR) is 78.5 cm³/mol. The number of sulfonamides is 1. The van der Waals surface area contributed by atoms with Gasteiger partial charge in [0.1, 0.15) is 4.90 Å². The van der Waals surface area contributed by atoms with Crippen molar-refractivity contribution in [2.24, 2.45) is 0 Å². The summed E-state index contributed by atoms with van der Waals surface area (Å²) in [5.41, 5.74) is 0.555. The van der Waals surface area contributed by atoms with Crippen molar-refractivity contribution in [3.8, 4) is 0 Å². The van der Waals surface area contributed by atoms with Crippen molar-refractivity contribution in [1.82, 2.24) is 4.31 Å². The fourth-order valence-electron chi connectivity index (χ4n) is 1.65. The molecule has 1 rings (SSSR count). The summed E-state index contributed by atoms with van der Waals surface area (Å²) in [5.74, 6) is 0. The highest BCUT2D eigenvalue weighted by atomic mass is 32.2. The molecule has 0 aliphatic rings. The van der Waals surface area contributed by atoms with Crippen molar-refractivity contribution in [2.75, 3.05) is 46.8 Å². The van der Waals surface area contributed by atoms with Crippen LogP contribution in [0.25, 0.3) is 0 Å². The monoisotopic (exact) mass is 302 g/mol. The number of rotatable bonds is 8. The minimum Gasteiger partial charge on any atom is -0.382 e. The van der Waals surface area contributed by atoms with Gasteiger partial charge in [-0.25, -0.2) is 12.7 Å². The van der Waals surface area contributed by atoms with E-state index >= 15 is 0 Å². The van der Waals surface area contributed by atoms with E-state index in [4.69, 9.17) is 9.47 Å². The zero-order valence-electron chi connectivity index (χ0n) is 12.3. The van der Waals surface area contributed by atoms with Crippen molar-refractivity contribution in [3.63, 3.8) is 0 Å². The van der Waals surface area contributed by atoms with Crippen LogP contribution in [0.3, 0.4) is 0 Å². The smallest absolute Gasteiger partial charge is 0.244 e. The Balaban J connectivity index is 2.92. The van der Waals surface area contributed by atoms with Gasteiger partial charge in [0.15, 0.2) is 0 Å². The molecule has 0 aliphatic carbocycles. The molecule has 0 fully saturated rings. The van der Waals surface area contributed by atoms with Crippen LogP contribution in [0, 0.1) is 0 Å². The summed E-state index contributed by atoms with van der Waals surface area (Å²) in [5, 5.41) is 3.10. The molecule has 6 nitrogen and oxygen atoms in total. The lowest BCUT2D eigenvalue weighted by Gasteiger charge is -2.19. The third-order valence-electron chi connectivity index (χ3n) is 2.85. The standard InChI is InChI=1S/C13H22N2O4S/c1-15(2)20(16,17)13-8-6-5-7-12(13)14-9-11(19-4)10-18-3/h5-8,11,14H,9-10H2,1-4H3. The molecule has 1 aromatic rings. The maximum Gasteiger partial charge on any atom is 0.244 e. The second-order valence-corrected chi connectivity index (χ2v) is 6.60. The van der Waals surface area contributed by atoms with Crippen molar-refractivity contribution in [3.05, 3.63) is 24.3 Å². The van der Waals surface area contributed by atoms with Gasteiger partial charge in [0.25, 0.3) is 0 Å². The molecule has 1 unspecified atom stereocenters. The van der Waals surface area contributed by atoms with Crippen LogP contribution in [-0.2, 0) is 19.5 Å². The Kier molecular flexibility index (Phi) is 6.41. The van der Waals surface area contributed by atoms with Gasteiger partial charge in [-0.3, -0.25) is 0 Å². The largest absolute Gasteiger partial charge is 0.382 e. The number of methoxy groups -OCH3 is 2. The lowest BCUT2D eigenvalue weighted by Crippen LogP contribution is -2.28. The quantitative estimate of drug-likeness (QED) is 0.776. The Morgan fingerprint density at radius 1 is 1.25 bits per heavy atom. The van der Waals surface area contributed by atoms with E-state index in [1.165, 1.54) is 18.4 Å². The van der Waals surface area contributed by atoms with Gasteiger partial charge in [-0.2, -0.15) is 0 Å². The minimum atomic E-state index is -3.48. The van der Waals surface area contributed by atoms with Crippen LogP contribution in [0.5, 0.6) is 0 Å². The van der Waals surface area contributed by atoms with Crippen LogP contribution in [0.4, 0.5) is 5.69 Å². The number of nitrogens with one attached hydrogen (secondary N) is 1. The third-order valence-corrected chi connectivity index (χ3v) is 4.73. The zero-order valence-corrected chi connectivity index (χ0v) is 13.1. The normalized spacial score (nSPS) is 13.4. The first-order chi connectivity index (χ1) is 9.43. The Labute approximate surface area is 120 Å². The molecule has 0 saturated heterocycles. The van der Waals surface area contributed by atoms with Crippen LogP contribution in [0.15, 0.2) is 29.2 Å². The van der Waals surface area contributed by atoms with E-state index in [-0.39, 0.29) is 11.0 Å². The SMILES string of the molecule is COCC(CNc1ccccc1S(=O)(=O)N(C)C)OC. The fourth-order valence-corrected chi connectivity index (χ4v) is 2.72. The molecule has 1 aromatic carbocycles. The molecule has 0 bridgehead atoms. The highest BCUT2D eigenvalue weighted by molar-refractivity contribution is 7.89. The Bertz CT molecular complexity index is 517. The first kappa shape index (κ1) is 16.9. The van der Waals surface area contributed by atoms with Crippen LogP contribution in [0.2, 0.25) is 0 Å². The summed E-state index contributed by atoms with van der Waals surface area (Å²) < 4.78 is 35.9. The van der Waals surface area contributed by atoms with Crippen molar-refractivity contribution < 1.29 is 17.9 Å². The number of benzene rings is 1. The highest BCUT2D eigenvalue weighted by Crippen LogP contribution is 2.23. The van der Waals surface area contributed by atoms with Gasteiger partial charge in [0.2, 0.25) is 10.0 Å². The Morgan fingerprint density at radius 2 is 1.90 bits per heavy atom. The van der Waals surface area contributed by atoms with Gasteiger partial charge in [-0.15, -0.1) is 0 Å². The molecular weight excluding hydrogens is 280 g/mol. The number of hydrogen-bond donors (Lipinski definition) is 1. The van der Waals surface area contributed by atoms with E-state index in [1.807, 2.05) is 0 Å². The first-order valence-electron chi connectivity index (χ1n) is 6.20. The molecular formula is C13H22N2O4S. The molecule has 0 heterocycles. The summed E-state index contributed by atoms with van der Waals surface area (Å²) >= 11 is 0. The number of anilines is 1. The number of ether oxygens (including phenoxy) is 2. The van der Waals surface area contributed by atoms with E-state index in [9.17, 15) is 8.42 Å². The van der Waals surface area contributed by atoms with E-state index < -0.39 is 10.0 Å². The topological polar surface area (TPSA) is 67.9 Å². The zero-order chi connectivity index (χ0) is 15.2. The van der Waals surface area contributed by atoms with Crippen LogP contribution < -0.4 is 5.32 Å². The lowest BCUT2D eigenvalue weighted by molar-refractivity contribution is 0.0365. The first-order valence-corrected chi connectivity index (χ1v) is 7.64. The molecule has 0 aromatic heterocycles. The summed E-state index contributed by atoms with van der Waals surface area (Å²) in [4.78, 5) is 0.247. The molecule has 0 amide bonds. The maximum atomic E-state index is 12.2. The maximum absolute atomic E-state index is 12.2. The Morgan fingerprint density at radius 3 is 2.45 bits per heavy atom. The predicted octanol–water partition coefficient (Wildman–Crippen LogP) is 1.01. The van der Waals surface area contributed by atoms with E-state index in [1.54, 1.807) is 38.5 Å². The van der Waals surface area contributed by atoms with Crippen LogP contribution in [-0.4, -0.2) is 60.3 Å². The Hall–Kier alpha value is -1.15. The molecule has 0 spiro atoms. The molecule has 1 N–H and O–H groups in total. The van der Waals surface area contributed by atoms with E-state index in [0.29, 0.717) is 18.8 Å². The van der Waals surface area contributed by atoms with E-state index in [2.05, 4.69) is 5.32 Å². The molecule has 7 heteroatoms. The molecule has 0 radical (unpaired) electrons.